The maximum absolute atomic E-state index is 13.5. The summed E-state index contributed by atoms with van der Waals surface area (Å²) in [5.74, 6) is -0.693. The number of carbonyl (C=O) groups is 1. The first-order valence-electron chi connectivity index (χ1n) is 6.48. The average Bonchev–Trinajstić information content (AvgIpc) is 2.43. The number of likely N-dealkylation sites (tertiary alicyclic amines) is 1. The molecule has 1 aliphatic rings. The molecule has 1 amide bonds. The third-order valence-electron chi connectivity index (χ3n) is 3.61. The van der Waals surface area contributed by atoms with Gasteiger partial charge >= 0.3 is 0 Å². The van der Waals surface area contributed by atoms with E-state index in [2.05, 4.69) is 10.2 Å². The fourth-order valence-electron chi connectivity index (χ4n) is 2.46. The van der Waals surface area contributed by atoms with E-state index >= 15 is 0 Å². The van der Waals surface area contributed by atoms with Gasteiger partial charge in [0.15, 0.2) is 0 Å². The molecule has 1 aromatic carbocycles. The molecule has 0 aromatic heterocycles. The number of nitrogens with zero attached hydrogens (tertiary/aromatic N) is 1. The summed E-state index contributed by atoms with van der Waals surface area (Å²) >= 11 is 0. The molecular weight excluding hydrogens is 250 g/mol. The quantitative estimate of drug-likeness (QED) is 0.908. The molecule has 0 radical (unpaired) electrons. The lowest BCUT2D eigenvalue weighted by Crippen LogP contribution is -2.39. The van der Waals surface area contributed by atoms with E-state index in [1.165, 1.54) is 6.07 Å². The second kappa shape index (κ2) is 6.10. The highest BCUT2D eigenvalue weighted by Crippen LogP contribution is 2.20. The van der Waals surface area contributed by atoms with Gasteiger partial charge in [-0.3, -0.25) is 9.69 Å². The molecule has 1 fully saturated rings. The molecule has 0 spiro atoms. The van der Waals surface area contributed by atoms with Crippen molar-refractivity contribution in [2.24, 2.45) is 5.92 Å². The SMILES string of the molecule is CNC(=O)C1CCN(Cc2cc(F)ccc2F)CC1. The number of rotatable bonds is 3. The van der Waals surface area contributed by atoms with Crippen LogP contribution < -0.4 is 5.32 Å². The first-order chi connectivity index (χ1) is 9.10. The molecule has 5 heteroatoms. The van der Waals surface area contributed by atoms with E-state index in [-0.39, 0.29) is 17.6 Å². The molecule has 3 nitrogen and oxygen atoms in total. The largest absolute Gasteiger partial charge is 0.359 e. The van der Waals surface area contributed by atoms with E-state index in [4.69, 9.17) is 0 Å². The van der Waals surface area contributed by atoms with Gasteiger partial charge in [0.1, 0.15) is 11.6 Å². The van der Waals surface area contributed by atoms with Crippen molar-refractivity contribution in [3.05, 3.63) is 35.4 Å². The molecule has 1 aliphatic heterocycles. The van der Waals surface area contributed by atoms with Gasteiger partial charge < -0.3 is 5.32 Å². The molecule has 1 heterocycles. The smallest absolute Gasteiger partial charge is 0.222 e. The van der Waals surface area contributed by atoms with Crippen molar-refractivity contribution in [2.75, 3.05) is 20.1 Å². The number of hydrogen-bond acceptors (Lipinski definition) is 2. The molecule has 1 aromatic rings. The Kier molecular flexibility index (Phi) is 4.47. The molecule has 1 N–H and O–H groups in total. The predicted octanol–water partition coefficient (Wildman–Crippen LogP) is 1.92. The molecule has 0 aliphatic carbocycles. The number of piperidine rings is 1. The van der Waals surface area contributed by atoms with Gasteiger partial charge in [0.25, 0.3) is 0 Å². The van der Waals surface area contributed by atoms with Gasteiger partial charge in [0.2, 0.25) is 5.91 Å². The number of carbonyl (C=O) groups excluding carboxylic acids is 1. The minimum atomic E-state index is -0.420. The van der Waals surface area contributed by atoms with Gasteiger partial charge in [-0.25, -0.2) is 8.78 Å². The highest BCUT2D eigenvalue weighted by Gasteiger charge is 2.24. The Morgan fingerprint density at radius 3 is 2.68 bits per heavy atom. The van der Waals surface area contributed by atoms with Gasteiger partial charge in [0, 0.05) is 25.1 Å². The van der Waals surface area contributed by atoms with Crippen LogP contribution in [0.25, 0.3) is 0 Å². The lowest BCUT2D eigenvalue weighted by atomic mass is 9.95. The van der Waals surface area contributed by atoms with E-state index in [1.807, 2.05) is 0 Å². The normalized spacial score (nSPS) is 17.4. The van der Waals surface area contributed by atoms with Crippen LogP contribution in [0.2, 0.25) is 0 Å². The molecule has 0 bridgehead atoms. The summed E-state index contributed by atoms with van der Waals surface area (Å²) in [6.07, 6.45) is 1.52. The molecule has 19 heavy (non-hydrogen) atoms. The van der Waals surface area contributed by atoms with Crippen LogP contribution in [0.1, 0.15) is 18.4 Å². The zero-order valence-electron chi connectivity index (χ0n) is 11.0. The minimum Gasteiger partial charge on any atom is -0.359 e. The summed E-state index contributed by atoms with van der Waals surface area (Å²) < 4.78 is 26.6. The van der Waals surface area contributed by atoms with Gasteiger partial charge in [-0.05, 0) is 44.1 Å². The number of hydrogen-bond donors (Lipinski definition) is 1. The number of benzene rings is 1. The van der Waals surface area contributed by atoms with Crippen LogP contribution >= 0.6 is 0 Å². The molecule has 0 saturated carbocycles. The number of nitrogens with one attached hydrogen (secondary N) is 1. The number of halogens is 2. The summed E-state index contributed by atoms with van der Waals surface area (Å²) in [5, 5.41) is 2.65. The van der Waals surface area contributed by atoms with E-state index in [0.717, 1.165) is 38.1 Å². The number of amides is 1. The van der Waals surface area contributed by atoms with Crippen LogP contribution in [0, 0.1) is 17.6 Å². The van der Waals surface area contributed by atoms with E-state index in [0.29, 0.717) is 12.1 Å². The predicted molar refractivity (Wildman–Crippen MR) is 68.4 cm³/mol. The van der Waals surface area contributed by atoms with Crippen molar-refractivity contribution in [1.82, 2.24) is 10.2 Å². The topological polar surface area (TPSA) is 32.3 Å². The Bertz CT molecular complexity index is 457. The third-order valence-corrected chi connectivity index (χ3v) is 3.61. The van der Waals surface area contributed by atoms with Crippen LogP contribution in [0.15, 0.2) is 18.2 Å². The van der Waals surface area contributed by atoms with Crippen molar-refractivity contribution in [3.8, 4) is 0 Å². The fraction of sp³-hybridized carbons (Fsp3) is 0.500. The molecular formula is C14H18F2N2O. The summed E-state index contributed by atoms with van der Waals surface area (Å²) in [4.78, 5) is 13.5. The van der Waals surface area contributed by atoms with Crippen LogP contribution in [0.4, 0.5) is 8.78 Å². The van der Waals surface area contributed by atoms with Crippen molar-refractivity contribution >= 4 is 5.91 Å². The minimum absolute atomic E-state index is 0.0404. The zero-order valence-corrected chi connectivity index (χ0v) is 11.0. The van der Waals surface area contributed by atoms with Crippen LogP contribution in [-0.4, -0.2) is 30.9 Å². The molecule has 2 rings (SSSR count). The summed E-state index contributed by atoms with van der Waals surface area (Å²) in [6.45, 7) is 1.85. The maximum Gasteiger partial charge on any atom is 0.222 e. The van der Waals surface area contributed by atoms with Crippen LogP contribution in [0.3, 0.4) is 0 Å². The molecule has 0 unspecified atom stereocenters. The zero-order chi connectivity index (χ0) is 13.8. The Hall–Kier alpha value is -1.49. The molecule has 0 atom stereocenters. The third kappa shape index (κ3) is 3.50. The Labute approximate surface area is 111 Å². The standard InChI is InChI=1S/C14H18F2N2O/c1-17-14(19)10-4-6-18(7-5-10)9-11-8-12(15)2-3-13(11)16/h2-3,8,10H,4-7,9H2,1H3,(H,17,19). The highest BCUT2D eigenvalue weighted by atomic mass is 19.1. The summed E-state index contributed by atoms with van der Waals surface area (Å²) in [6, 6.07) is 3.51. The summed E-state index contributed by atoms with van der Waals surface area (Å²) in [7, 11) is 1.64. The second-order valence-corrected chi connectivity index (χ2v) is 4.90. The Morgan fingerprint density at radius 1 is 1.37 bits per heavy atom. The van der Waals surface area contributed by atoms with Crippen LogP contribution in [-0.2, 0) is 11.3 Å². The average molecular weight is 268 g/mol. The highest BCUT2D eigenvalue weighted by molar-refractivity contribution is 5.78. The fourth-order valence-corrected chi connectivity index (χ4v) is 2.46. The van der Waals surface area contributed by atoms with Crippen LogP contribution in [0.5, 0.6) is 0 Å². The second-order valence-electron chi connectivity index (χ2n) is 4.90. The Balaban J connectivity index is 1.92. The monoisotopic (exact) mass is 268 g/mol. The van der Waals surface area contributed by atoms with Gasteiger partial charge in [-0.15, -0.1) is 0 Å². The Morgan fingerprint density at radius 2 is 2.05 bits per heavy atom. The molecule has 1 saturated heterocycles. The maximum atomic E-state index is 13.5. The first kappa shape index (κ1) is 13.9. The summed E-state index contributed by atoms with van der Waals surface area (Å²) in [5.41, 5.74) is 0.374. The van der Waals surface area contributed by atoms with Gasteiger partial charge in [-0.1, -0.05) is 0 Å². The van der Waals surface area contributed by atoms with Crippen molar-refractivity contribution in [1.29, 1.82) is 0 Å². The lowest BCUT2D eigenvalue weighted by molar-refractivity contribution is -0.125. The van der Waals surface area contributed by atoms with Crippen molar-refractivity contribution < 1.29 is 13.6 Å². The lowest BCUT2D eigenvalue weighted by Gasteiger charge is -2.31. The van der Waals surface area contributed by atoms with E-state index in [9.17, 15) is 13.6 Å². The van der Waals surface area contributed by atoms with E-state index in [1.54, 1.807) is 7.05 Å². The van der Waals surface area contributed by atoms with Crippen molar-refractivity contribution in [3.63, 3.8) is 0 Å². The van der Waals surface area contributed by atoms with Gasteiger partial charge in [-0.2, -0.15) is 0 Å². The van der Waals surface area contributed by atoms with E-state index < -0.39 is 5.82 Å². The van der Waals surface area contributed by atoms with Gasteiger partial charge in [0.05, 0.1) is 0 Å². The first-order valence-corrected chi connectivity index (χ1v) is 6.48. The van der Waals surface area contributed by atoms with Crippen molar-refractivity contribution in [2.45, 2.75) is 19.4 Å². The molecule has 104 valence electrons.